The van der Waals surface area contributed by atoms with Gasteiger partial charge in [0, 0.05) is 12.5 Å². The number of hydrogen-bond acceptors (Lipinski definition) is 7. The first-order chi connectivity index (χ1) is 9.39. The van der Waals surface area contributed by atoms with E-state index in [1.807, 2.05) is 6.92 Å². The van der Waals surface area contributed by atoms with Crippen LogP contribution in [0, 0.1) is 0 Å². The fraction of sp³-hybridized carbons (Fsp3) is 0.727. The van der Waals surface area contributed by atoms with Crippen molar-refractivity contribution in [2.75, 3.05) is 18.1 Å². The average Bonchev–Trinajstić information content (AvgIpc) is 2.94. The minimum atomic E-state index is -3.07. The Kier molecular flexibility index (Phi) is 4.39. The smallest absolute Gasteiger partial charge is 0.317 e. The average molecular weight is 303 g/mol. The molecule has 1 N–H and O–H groups in total. The van der Waals surface area contributed by atoms with E-state index in [0.29, 0.717) is 24.6 Å². The van der Waals surface area contributed by atoms with Crippen molar-refractivity contribution in [2.45, 2.75) is 32.4 Å². The standard InChI is InChI=1S/C11H17N3O5S/c1-2-9-12-13-10(19-9)5-14(6-11(15)16)8-3-4-20(17,18)7-8/h8H,2-7H2,1H3,(H,15,16). The van der Waals surface area contributed by atoms with E-state index in [-0.39, 0.29) is 30.6 Å². The van der Waals surface area contributed by atoms with Gasteiger partial charge in [-0.15, -0.1) is 10.2 Å². The minimum Gasteiger partial charge on any atom is -0.480 e. The van der Waals surface area contributed by atoms with E-state index >= 15 is 0 Å². The molecule has 0 radical (unpaired) electrons. The van der Waals surface area contributed by atoms with Gasteiger partial charge in [0.1, 0.15) is 0 Å². The molecule has 0 bridgehead atoms. The van der Waals surface area contributed by atoms with Gasteiger partial charge in [0.2, 0.25) is 11.8 Å². The molecular weight excluding hydrogens is 286 g/mol. The van der Waals surface area contributed by atoms with Crippen LogP contribution in [0.4, 0.5) is 0 Å². The van der Waals surface area contributed by atoms with E-state index in [0.717, 1.165) is 0 Å². The highest BCUT2D eigenvalue weighted by atomic mass is 32.2. The molecule has 0 amide bonds. The monoisotopic (exact) mass is 303 g/mol. The van der Waals surface area contributed by atoms with Crippen LogP contribution in [0.1, 0.15) is 25.1 Å². The topological polar surface area (TPSA) is 114 Å². The number of sulfone groups is 1. The summed E-state index contributed by atoms with van der Waals surface area (Å²) < 4.78 is 28.4. The molecule has 1 aromatic rings. The summed E-state index contributed by atoms with van der Waals surface area (Å²) in [6.07, 6.45) is 1.04. The third-order valence-corrected chi connectivity index (χ3v) is 4.96. The number of carboxylic acid groups (broad SMARTS) is 1. The van der Waals surface area contributed by atoms with Crippen molar-refractivity contribution >= 4 is 15.8 Å². The van der Waals surface area contributed by atoms with E-state index in [9.17, 15) is 13.2 Å². The number of carbonyl (C=O) groups is 1. The SMILES string of the molecule is CCc1nnc(CN(CC(=O)O)C2CCS(=O)(=O)C2)o1. The van der Waals surface area contributed by atoms with Crippen molar-refractivity contribution in [1.29, 1.82) is 0 Å². The number of aromatic nitrogens is 2. The maximum Gasteiger partial charge on any atom is 0.317 e. The molecule has 1 saturated heterocycles. The Hall–Kier alpha value is -1.48. The van der Waals surface area contributed by atoms with E-state index in [2.05, 4.69) is 10.2 Å². The molecule has 0 saturated carbocycles. The molecule has 8 nitrogen and oxygen atoms in total. The third kappa shape index (κ3) is 3.76. The second kappa shape index (κ2) is 5.88. The van der Waals surface area contributed by atoms with Crippen LogP contribution < -0.4 is 0 Å². The van der Waals surface area contributed by atoms with Crippen molar-refractivity contribution in [2.24, 2.45) is 0 Å². The Morgan fingerprint density at radius 1 is 1.45 bits per heavy atom. The summed E-state index contributed by atoms with van der Waals surface area (Å²) in [5.41, 5.74) is 0. The molecular formula is C11H17N3O5S. The predicted molar refractivity (Wildman–Crippen MR) is 68.8 cm³/mol. The van der Waals surface area contributed by atoms with Gasteiger partial charge in [-0.2, -0.15) is 0 Å². The molecule has 1 fully saturated rings. The molecule has 9 heteroatoms. The molecule has 2 heterocycles. The Morgan fingerprint density at radius 2 is 2.15 bits per heavy atom. The van der Waals surface area contributed by atoms with E-state index in [1.165, 1.54) is 0 Å². The van der Waals surface area contributed by atoms with E-state index in [4.69, 9.17) is 9.52 Å². The highest BCUT2D eigenvalue weighted by molar-refractivity contribution is 7.91. The fourth-order valence-corrected chi connectivity index (χ4v) is 3.98. The van der Waals surface area contributed by atoms with E-state index < -0.39 is 15.8 Å². The van der Waals surface area contributed by atoms with Gasteiger partial charge in [-0.25, -0.2) is 8.42 Å². The van der Waals surface area contributed by atoms with Gasteiger partial charge in [-0.05, 0) is 6.42 Å². The molecule has 2 rings (SSSR count). The summed E-state index contributed by atoms with van der Waals surface area (Å²) in [5.74, 6) is -0.140. The van der Waals surface area contributed by atoms with Crippen LogP contribution in [0.3, 0.4) is 0 Å². The predicted octanol–water partition coefficient (Wildman–Crippen LogP) is -0.294. The normalized spacial score (nSPS) is 21.4. The fourth-order valence-electron chi connectivity index (χ4n) is 2.22. The second-order valence-corrected chi connectivity index (χ2v) is 7.03. The van der Waals surface area contributed by atoms with Crippen molar-refractivity contribution in [3.05, 3.63) is 11.8 Å². The summed E-state index contributed by atoms with van der Waals surface area (Å²) in [4.78, 5) is 12.5. The molecule has 20 heavy (non-hydrogen) atoms. The summed E-state index contributed by atoms with van der Waals surface area (Å²) in [6.45, 7) is 1.78. The number of hydrogen-bond donors (Lipinski definition) is 1. The zero-order valence-corrected chi connectivity index (χ0v) is 12.0. The lowest BCUT2D eigenvalue weighted by Gasteiger charge is -2.24. The highest BCUT2D eigenvalue weighted by Crippen LogP contribution is 2.19. The van der Waals surface area contributed by atoms with Crippen LogP contribution >= 0.6 is 0 Å². The number of rotatable bonds is 6. The lowest BCUT2D eigenvalue weighted by molar-refractivity contribution is -0.139. The lowest BCUT2D eigenvalue weighted by Crippen LogP contribution is -2.39. The first-order valence-electron chi connectivity index (χ1n) is 6.37. The molecule has 1 unspecified atom stereocenters. The maximum atomic E-state index is 11.5. The van der Waals surface area contributed by atoms with E-state index in [1.54, 1.807) is 4.90 Å². The molecule has 112 valence electrons. The maximum absolute atomic E-state index is 11.5. The Balaban J connectivity index is 2.09. The molecule has 0 aliphatic carbocycles. The summed E-state index contributed by atoms with van der Waals surface area (Å²) >= 11 is 0. The third-order valence-electron chi connectivity index (χ3n) is 3.21. The largest absolute Gasteiger partial charge is 0.480 e. The summed E-state index contributed by atoms with van der Waals surface area (Å²) in [5, 5.41) is 16.6. The highest BCUT2D eigenvalue weighted by Gasteiger charge is 2.33. The zero-order chi connectivity index (χ0) is 14.8. The number of carboxylic acids is 1. The molecule has 1 aliphatic rings. The van der Waals surface area contributed by atoms with Crippen LogP contribution in [0.2, 0.25) is 0 Å². The summed E-state index contributed by atoms with van der Waals surface area (Å²) in [6, 6.07) is -0.312. The van der Waals surface area contributed by atoms with Crippen molar-refractivity contribution in [1.82, 2.24) is 15.1 Å². The first kappa shape index (κ1) is 14.9. The minimum absolute atomic E-state index is 0.0188. The van der Waals surface area contributed by atoms with Crippen LogP contribution in [-0.4, -0.2) is 58.7 Å². The molecule has 0 aromatic carbocycles. The number of aryl methyl sites for hydroxylation is 1. The van der Waals surface area contributed by atoms with Gasteiger partial charge >= 0.3 is 5.97 Å². The molecule has 1 atom stereocenters. The van der Waals surface area contributed by atoms with Crippen molar-refractivity contribution in [3.63, 3.8) is 0 Å². The van der Waals surface area contributed by atoms with Crippen LogP contribution in [0.25, 0.3) is 0 Å². The van der Waals surface area contributed by atoms with Gasteiger partial charge in [-0.3, -0.25) is 9.69 Å². The van der Waals surface area contributed by atoms with Crippen molar-refractivity contribution in [3.8, 4) is 0 Å². The quantitative estimate of drug-likeness (QED) is 0.762. The summed E-state index contributed by atoms with van der Waals surface area (Å²) in [7, 11) is -3.07. The Labute approximate surface area is 116 Å². The van der Waals surface area contributed by atoms with Gasteiger partial charge in [0.25, 0.3) is 0 Å². The Morgan fingerprint density at radius 3 is 2.65 bits per heavy atom. The second-order valence-electron chi connectivity index (χ2n) is 4.80. The first-order valence-corrected chi connectivity index (χ1v) is 8.19. The van der Waals surface area contributed by atoms with Crippen LogP contribution in [0.15, 0.2) is 4.42 Å². The molecule has 0 spiro atoms. The lowest BCUT2D eigenvalue weighted by atomic mass is 10.2. The van der Waals surface area contributed by atoms with Crippen molar-refractivity contribution < 1.29 is 22.7 Å². The van der Waals surface area contributed by atoms with Gasteiger partial charge < -0.3 is 9.52 Å². The molecule has 1 aromatic heterocycles. The van der Waals surface area contributed by atoms with Gasteiger partial charge in [0.05, 0.1) is 24.6 Å². The Bertz CT molecular complexity index is 583. The molecule has 1 aliphatic heterocycles. The zero-order valence-electron chi connectivity index (χ0n) is 11.2. The number of aliphatic carboxylic acids is 1. The van der Waals surface area contributed by atoms with Crippen LogP contribution in [0.5, 0.6) is 0 Å². The van der Waals surface area contributed by atoms with Crippen LogP contribution in [-0.2, 0) is 27.6 Å². The number of nitrogens with zero attached hydrogens (tertiary/aromatic N) is 3. The van der Waals surface area contributed by atoms with Gasteiger partial charge in [0.15, 0.2) is 9.84 Å². The van der Waals surface area contributed by atoms with Gasteiger partial charge in [-0.1, -0.05) is 6.92 Å².